The molecule has 0 spiro atoms. The maximum Gasteiger partial charge on any atom is 0.0803 e. The summed E-state index contributed by atoms with van der Waals surface area (Å²) in [4.78, 5) is 11.0. The van der Waals surface area contributed by atoms with E-state index in [0.717, 1.165) is 45.1 Å². The third-order valence-corrected chi connectivity index (χ3v) is 10.3. The van der Waals surface area contributed by atoms with Crippen LogP contribution in [-0.2, 0) is 0 Å². The number of benzene rings is 10. The van der Waals surface area contributed by atoms with E-state index in [9.17, 15) is 0 Å². The van der Waals surface area contributed by atoms with Gasteiger partial charge in [0.25, 0.3) is 0 Å². The molecule has 220 valence electrons. The van der Waals surface area contributed by atoms with Crippen LogP contribution in [0.3, 0.4) is 0 Å². The molecule has 1 heterocycles. The SMILES string of the molecule is c1ccc2c(c1)/N=C(/c1cc3ccc4cccc5ccc(c1)c3c45)c1ccccc1/N=C\2c1cc2ccc3cccc4ccc(c1)c2c34. The fraction of sp³-hybridized carbons (Fsp3) is 0. The lowest BCUT2D eigenvalue weighted by Gasteiger charge is -2.20. The Hall–Kier alpha value is -6.38. The Morgan fingerprint density at radius 2 is 0.583 bits per heavy atom. The second-order valence-corrected chi connectivity index (χ2v) is 13.0. The predicted molar refractivity (Wildman–Crippen MR) is 204 cm³/mol. The summed E-state index contributed by atoms with van der Waals surface area (Å²) in [6.45, 7) is 0. The van der Waals surface area contributed by atoms with Gasteiger partial charge in [-0.2, -0.15) is 0 Å². The first-order valence-corrected chi connectivity index (χ1v) is 16.5. The highest BCUT2D eigenvalue weighted by Gasteiger charge is 2.22. The molecular formula is C46H26N2. The van der Waals surface area contributed by atoms with Gasteiger partial charge in [-0.15, -0.1) is 0 Å². The lowest BCUT2D eigenvalue weighted by molar-refractivity contribution is 1.40. The molecule has 0 aliphatic carbocycles. The zero-order valence-corrected chi connectivity index (χ0v) is 25.9. The van der Waals surface area contributed by atoms with Crippen molar-refractivity contribution in [2.75, 3.05) is 0 Å². The molecule has 0 atom stereocenters. The molecule has 0 N–H and O–H groups in total. The number of rotatable bonds is 2. The van der Waals surface area contributed by atoms with Crippen molar-refractivity contribution in [3.63, 3.8) is 0 Å². The average molecular weight is 607 g/mol. The van der Waals surface area contributed by atoms with Crippen molar-refractivity contribution < 1.29 is 0 Å². The van der Waals surface area contributed by atoms with Crippen LogP contribution in [0.1, 0.15) is 22.3 Å². The predicted octanol–water partition coefficient (Wildman–Crippen LogP) is 12.1. The first-order chi connectivity index (χ1) is 23.8. The van der Waals surface area contributed by atoms with Crippen molar-refractivity contribution in [1.29, 1.82) is 0 Å². The molecule has 1 aliphatic rings. The number of hydrogen-bond acceptors (Lipinski definition) is 2. The summed E-state index contributed by atoms with van der Waals surface area (Å²) in [7, 11) is 0. The van der Waals surface area contributed by atoms with Gasteiger partial charge in [0, 0.05) is 22.3 Å². The fourth-order valence-electron chi connectivity index (χ4n) is 8.12. The molecule has 0 amide bonds. The van der Waals surface area contributed by atoms with Gasteiger partial charge in [0.05, 0.1) is 22.8 Å². The minimum atomic E-state index is 0.913. The van der Waals surface area contributed by atoms with Gasteiger partial charge in [0.15, 0.2) is 0 Å². The molecule has 10 aromatic rings. The second kappa shape index (κ2) is 9.57. The number of para-hydroxylation sites is 2. The first kappa shape index (κ1) is 25.8. The van der Waals surface area contributed by atoms with Gasteiger partial charge in [0.1, 0.15) is 0 Å². The number of aliphatic imine (C=N–C) groups is 2. The quantitative estimate of drug-likeness (QED) is 0.175. The Labute approximate surface area is 276 Å². The molecule has 10 aromatic carbocycles. The molecule has 0 unspecified atom stereocenters. The van der Waals surface area contributed by atoms with Gasteiger partial charge in [-0.1, -0.05) is 121 Å². The summed E-state index contributed by atoms with van der Waals surface area (Å²) in [6, 6.07) is 57.2. The van der Waals surface area contributed by atoms with E-state index in [1.54, 1.807) is 0 Å². The van der Waals surface area contributed by atoms with Crippen LogP contribution in [0.4, 0.5) is 11.4 Å². The minimum absolute atomic E-state index is 0.913. The third kappa shape index (κ3) is 3.63. The Morgan fingerprint density at radius 1 is 0.271 bits per heavy atom. The van der Waals surface area contributed by atoms with Crippen LogP contribution in [-0.4, -0.2) is 11.4 Å². The van der Waals surface area contributed by atoms with E-state index in [2.05, 4.69) is 158 Å². The Morgan fingerprint density at radius 3 is 0.958 bits per heavy atom. The van der Waals surface area contributed by atoms with Crippen LogP contribution >= 0.6 is 0 Å². The molecule has 0 radical (unpaired) electrons. The van der Waals surface area contributed by atoms with Gasteiger partial charge in [-0.25, -0.2) is 9.98 Å². The van der Waals surface area contributed by atoms with Crippen molar-refractivity contribution in [3.05, 3.63) is 180 Å². The fourth-order valence-corrected chi connectivity index (χ4v) is 8.12. The molecule has 0 aromatic heterocycles. The Balaban J connectivity index is 1.15. The molecule has 0 fully saturated rings. The highest BCUT2D eigenvalue weighted by Crippen LogP contribution is 2.40. The van der Waals surface area contributed by atoms with Crippen molar-refractivity contribution >= 4 is 87.4 Å². The van der Waals surface area contributed by atoms with Crippen LogP contribution in [0.5, 0.6) is 0 Å². The summed E-state index contributed by atoms with van der Waals surface area (Å²) in [5.41, 5.74) is 7.91. The maximum absolute atomic E-state index is 5.50. The lowest BCUT2D eigenvalue weighted by atomic mass is 9.89. The normalized spacial score (nSPS) is 15.4. The van der Waals surface area contributed by atoms with Crippen LogP contribution in [0.2, 0.25) is 0 Å². The number of fused-ring (bicyclic) bond motifs is 2. The molecule has 0 bridgehead atoms. The largest absolute Gasteiger partial charge is 0.247 e. The summed E-state index contributed by atoms with van der Waals surface area (Å²) in [5, 5.41) is 15.3. The molecule has 48 heavy (non-hydrogen) atoms. The summed E-state index contributed by atoms with van der Waals surface area (Å²) < 4.78 is 0. The first-order valence-electron chi connectivity index (χ1n) is 16.5. The van der Waals surface area contributed by atoms with E-state index < -0.39 is 0 Å². The zero-order chi connectivity index (χ0) is 31.3. The molecule has 2 nitrogen and oxygen atoms in total. The van der Waals surface area contributed by atoms with E-state index in [0.29, 0.717) is 0 Å². The van der Waals surface area contributed by atoms with Crippen LogP contribution in [0.25, 0.3) is 64.6 Å². The second-order valence-electron chi connectivity index (χ2n) is 13.0. The van der Waals surface area contributed by atoms with E-state index >= 15 is 0 Å². The summed E-state index contributed by atoms with van der Waals surface area (Å²) >= 11 is 0. The highest BCUT2D eigenvalue weighted by atomic mass is 14.8. The van der Waals surface area contributed by atoms with E-state index in [1.165, 1.54) is 64.6 Å². The maximum atomic E-state index is 5.50. The van der Waals surface area contributed by atoms with E-state index in [4.69, 9.17) is 9.98 Å². The monoisotopic (exact) mass is 606 g/mol. The Kier molecular flexibility index (Phi) is 5.14. The molecule has 2 heteroatoms. The third-order valence-electron chi connectivity index (χ3n) is 10.3. The van der Waals surface area contributed by atoms with Crippen LogP contribution in [0.15, 0.2) is 168 Å². The van der Waals surface area contributed by atoms with Crippen LogP contribution < -0.4 is 0 Å². The molecule has 0 saturated carbocycles. The summed E-state index contributed by atoms with van der Waals surface area (Å²) in [6.07, 6.45) is 0. The topological polar surface area (TPSA) is 24.7 Å². The van der Waals surface area contributed by atoms with Crippen molar-refractivity contribution in [2.24, 2.45) is 9.98 Å². The molecule has 11 rings (SSSR count). The van der Waals surface area contributed by atoms with Crippen molar-refractivity contribution in [3.8, 4) is 0 Å². The van der Waals surface area contributed by atoms with Gasteiger partial charge in [-0.3, -0.25) is 0 Å². The number of nitrogens with zero attached hydrogens (tertiary/aromatic N) is 2. The van der Waals surface area contributed by atoms with Crippen LogP contribution in [0, 0.1) is 0 Å². The Bertz CT molecular complexity index is 2670. The zero-order valence-electron chi connectivity index (χ0n) is 25.9. The molecule has 0 saturated heterocycles. The molecular weight excluding hydrogens is 581 g/mol. The number of hydrogen-bond donors (Lipinski definition) is 0. The highest BCUT2D eigenvalue weighted by molar-refractivity contribution is 6.29. The van der Waals surface area contributed by atoms with Crippen molar-refractivity contribution in [1.82, 2.24) is 0 Å². The van der Waals surface area contributed by atoms with Gasteiger partial charge < -0.3 is 0 Å². The van der Waals surface area contributed by atoms with Crippen molar-refractivity contribution in [2.45, 2.75) is 0 Å². The van der Waals surface area contributed by atoms with E-state index in [-0.39, 0.29) is 0 Å². The van der Waals surface area contributed by atoms with Gasteiger partial charge in [-0.05, 0) is 101 Å². The molecule has 1 aliphatic heterocycles. The summed E-state index contributed by atoms with van der Waals surface area (Å²) in [5.74, 6) is 0. The standard InChI is InChI=1S/C46H26N2/c1-3-13-39-37(11-1)45(35-23-31-19-15-27-7-5-8-28-16-20-32(24-35)43(31)41(27)28)48-40-14-4-2-12-38(40)46(47-39)36-25-33-21-17-29-9-6-10-30-18-22-34(26-36)44(33)42(29)30/h1-26H/b45-37?,46-38?,47-39?,47-46-,48-40?,48-45-. The van der Waals surface area contributed by atoms with Gasteiger partial charge in [0.2, 0.25) is 0 Å². The van der Waals surface area contributed by atoms with Gasteiger partial charge >= 0.3 is 0 Å². The smallest absolute Gasteiger partial charge is 0.0803 e. The lowest BCUT2D eigenvalue weighted by Crippen LogP contribution is -2.10. The minimum Gasteiger partial charge on any atom is -0.247 e. The van der Waals surface area contributed by atoms with E-state index in [1.807, 2.05) is 0 Å². The average Bonchev–Trinajstić information content (AvgIpc) is 3.13.